The SMILES string of the molecule is CCOC(CCCC(C)(C)C)OCC. The van der Waals surface area contributed by atoms with Crippen LogP contribution in [0.15, 0.2) is 0 Å². The summed E-state index contributed by atoms with van der Waals surface area (Å²) in [5, 5.41) is 0. The van der Waals surface area contributed by atoms with E-state index in [0.29, 0.717) is 5.41 Å². The quantitative estimate of drug-likeness (QED) is 0.587. The number of ether oxygens (including phenoxy) is 2. The Morgan fingerprint density at radius 2 is 1.50 bits per heavy atom. The highest BCUT2D eigenvalue weighted by Crippen LogP contribution is 2.22. The highest BCUT2D eigenvalue weighted by molar-refractivity contribution is 4.61. The van der Waals surface area contributed by atoms with E-state index >= 15 is 0 Å². The van der Waals surface area contributed by atoms with Gasteiger partial charge in [-0.25, -0.2) is 0 Å². The van der Waals surface area contributed by atoms with Gasteiger partial charge in [0.1, 0.15) is 0 Å². The molecule has 0 saturated carbocycles. The number of hydrogen-bond donors (Lipinski definition) is 0. The third-order valence-electron chi connectivity index (χ3n) is 2.07. The van der Waals surface area contributed by atoms with Gasteiger partial charge in [0, 0.05) is 13.2 Å². The molecule has 0 aromatic carbocycles. The minimum Gasteiger partial charge on any atom is -0.353 e. The van der Waals surface area contributed by atoms with E-state index in [9.17, 15) is 0 Å². The van der Waals surface area contributed by atoms with Gasteiger partial charge in [-0.05, 0) is 38.5 Å². The van der Waals surface area contributed by atoms with Crippen LogP contribution in [0.5, 0.6) is 0 Å². The van der Waals surface area contributed by atoms with Crippen molar-refractivity contribution in [3.8, 4) is 0 Å². The Morgan fingerprint density at radius 1 is 1.00 bits per heavy atom. The van der Waals surface area contributed by atoms with Crippen molar-refractivity contribution >= 4 is 0 Å². The van der Waals surface area contributed by atoms with Crippen LogP contribution in [0.3, 0.4) is 0 Å². The maximum atomic E-state index is 5.47. The highest BCUT2D eigenvalue weighted by atomic mass is 16.7. The van der Waals surface area contributed by atoms with Crippen LogP contribution in [0.1, 0.15) is 53.9 Å². The number of hydrogen-bond acceptors (Lipinski definition) is 2. The first-order chi connectivity index (χ1) is 6.49. The van der Waals surface area contributed by atoms with Crippen molar-refractivity contribution in [1.82, 2.24) is 0 Å². The summed E-state index contributed by atoms with van der Waals surface area (Å²) in [6.07, 6.45) is 3.42. The minimum atomic E-state index is 0.00681. The molecule has 0 atom stereocenters. The van der Waals surface area contributed by atoms with Crippen LogP contribution >= 0.6 is 0 Å². The van der Waals surface area contributed by atoms with Crippen LogP contribution in [-0.2, 0) is 9.47 Å². The Morgan fingerprint density at radius 3 is 1.86 bits per heavy atom. The van der Waals surface area contributed by atoms with Gasteiger partial charge in [0.2, 0.25) is 0 Å². The first-order valence-electron chi connectivity index (χ1n) is 5.72. The summed E-state index contributed by atoms with van der Waals surface area (Å²) in [6, 6.07) is 0. The molecule has 0 amide bonds. The van der Waals surface area contributed by atoms with Crippen molar-refractivity contribution < 1.29 is 9.47 Å². The molecule has 0 heterocycles. The second-order valence-electron chi connectivity index (χ2n) is 4.79. The van der Waals surface area contributed by atoms with Crippen molar-refractivity contribution in [3.63, 3.8) is 0 Å². The van der Waals surface area contributed by atoms with Crippen molar-refractivity contribution in [3.05, 3.63) is 0 Å². The second-order valence-corrected chi connectivity index (χ2v) is 4.79. The van der Waals surface area contributed by atoms with Gasteiger partial charge in [0.15, 0.2) is 6.29 Å². The predicted octanol–water partition coefficient (Wildman–Crippen LogP) is 3.60. The van der Waals surface area contributed by atoms with Crippen LogP contribution < -0.4 is 0 Å². The lowest BCUT2D eigenvalue weighted by molar-refractivity contribution is -0.140. The fraction of sp³-hybridized carbons (Fsp3) is 1.00. The van der Waals surface area contributed by atoms with E-state index in [-0.39, 0.29) is 6.29 Å². The Kier molecular flexibility index (Phi) is 7.20. The van der Waals surface area contributed by atoms with Gasteiger partial charge in [-0.2, -0.15) is 0 Å². The molecule has 0 N–H and O–H groups in total. The third kappa shape index (κ3) is 8.52. The van der Waals surface area contributed by atoms with Gasteiger partial charge in [0.05, 0.1) is 0 Å². The van der Waals surface area contributed by atoms with Gasteiger partial charge in [-0.1, -0.05) is 20.8 Å². The third-order valence-corrected chi connectivity index (χ3v) is 2.07. The molecule has 0 fully saturated rings. The van der Waals surface area contributed by atoms with Crippen LogP contribution in [0, 0.1) is 5.41 Å². The monoisotopic (exact) mass is 202 g/mol. The van der Waals surface area contributed by atoms with Gasteiger partial charge in [-0.3, -0.25) is 0 Å². The summed E-state index contributed by atoms with van der Waals surface area (Å²) in [4.78, 5) is 0. The predicted molar refractivity (Wildman–Crippen MR) is 60.3 cm³/mol. The van der Waals surface area contributed by atoms with E-state index in [2.05, 4.69) is 20.8 Å². The van der Waals surface area contributed by atoms with Gasteiger partial charge in [0.25, 0.3) is 0 Å². The standard InChI is InChI=1S/C12H26O2/c1-6-13-11(14-7-2)9-8-10-12(3,4)5/h11H,6-10H2,1-5H3. The van der Waals surface area contributed by atoms with E-state index in [0.717, 1.165) is 19.6 Å². The summed E-state index contributed by atoms with van der Waals surface area (Å²) in [7, 11) is 0. The molecule has 0 unspecified atom stereocenters. The Balaban J connectivity index is 3.60. The summed E-state index contributed by atoms with van der Waals surface area (Å²) in [6.45, 7) is 12.3. The fourth-order valence-corrected chi connectivity index (χ4v) is 1.39. The molecule has 0 radical (unpaired) electrons. The zero-order valence-electron chi connectivity index (χ0n) is 10.4. The molecule has 0 aliphatic heterocycles. The molecule has 86 valence electrons. The average molecular weight is 202 g/mol. The zero-order valence-corrected chi connectivity index (χ0v) is 10.4. The molecule has 0 aromatic rings. The van der Waals surface area contributed by atoms with Gasteiger partial charge >= 0.3 is 0 Å². The van der Waals surface area contributed by atoms with Crippen molar-refractivity contribution in [2.45, 2.75) is 60.2 Å². The molecule has 2 heteroatoms. The van der Waals surface area contributed by atoms with E-state index in [1.54, 1.807) is 0 Å². The molecule has 0 rings (SSSR count). The van der Waals surface area contributed by atoms with Crippen LogP contribution in [-0.4, -0.2) is 19.5 Å². The topological polar surface area (TPSA) is 18.5 Å². The summed E-state index contributed by atoms with van der Waals surface area (Å²) >= 11 is 0. The van der Waals surface area contributed by atoms with Crippen LogP contribution in [0.2, 0.25) is 0 Å². The van der Waals surface area contributed by atoms with E-state index in [1.165, 1.54) is 12.8 Å². The van der Waals surface area contributed by atoms with E-state index < -0.39 is 0 Å². The molecule has 0 aliphatic rings. The summed E-state index contributed by atoms with van der Waals surface area (Å²) in [5.41, 5.74) is 0.420. The molecule has 0 bridgehead atoms. The second kappa shape index (κ2) is 7.24. The molecule has 0 aliphatic carbocycles. The number of rotatable bonds is 7. The smallest absolute Gasteiger partial charge is 0.157 e. The molecule has 14 heavy (non-hydrogen) atoms. The van der Waals surface area contributed by atoms with E-state index in [1.807, 2.05) is 13.8 Å². The fourth-order valence-electron chi connectivity index (χ4n) is 1.39. The van der Waals surface area contributed by atoms with Crippen molar-refractivity contribution in [2.75, 3.05) is 13.2 Å². The van der Waals surface area contributed by atoms with Gasteiger partial charge < -0.3 is 9.47 Å². The Hall–Kier alpha value is -0.0800. The van der Waals surface area contributed by atoms with Crippen LogP contribution in [0.4, 0.5) is 0 Å². The highest BCUT2D eigenvalue weighted by Gasteiger charge is 2.12. The Labute approximate surface area is 89.0 Å². The normalized spacial score (nSPS) is 12.4. The molecular weight excluding hydrogens is 176 g/mol. The molecule has 0 saturated heterocycles. The van der Waals surface area contributed by atoms with Crippen molar-refractivity contribution in [2.24, 2.45) is 5.41 Å². The Bertz CT molecular complexity index is 121. The summed E-state index contributed by atoms with van der Waals surface area (Å²) < 4.78 is 10.9. The maximum absolute atomic E-state index is 5.47. The zero-order chi connectivity index (χ0) is 11.0. The maximum Gasteiger partial charge on any atom is 0.157 e. The van der Waals surface area contributed by atoms with Crippen LogP contribution in [0.25, 0.3) is 0 Å². The molecule has 2 nitrogen and oxygen atoms in total. The lowest BCUT2D eigenvalue weighted by Gasteiger charge is -2.21. The first kappa shape index (κ1) is 13.9. The first-order valence-corrected chi connectivity index (χ1v) is 5.72. The van der Waals surface area contributed by atoms with Gasteiger partial charge in [-0.15, -0.1) is 0 Å². The van der Waals surface area contributed by atoms with Crippen molar-refractivity contribution in [1.29, 1.82) is 0 Å². The molecule has 0 aromatic heterocycles. The lowest BCUT2D eigenvalue weighted by Crippen LogP contribution is -2.18. The molecular formula is C12H26O2. The lowest BCUT2D eigenvalue weighted by atomic mass is 9.90. The average Bonchev–Trinajstić information content (AvgIpc) is 2.02. The minimum absolute atomic E-state index is 0.00681. The largest absolute Gasteiger partial charge is 0.353 e. The summed E-state index contributed by atoms with van der Waals surface area (Å²) in [5.74, 6) is 0. The van der Waals surface area contributed by atoms with E-state index in [4.69, 9.17) is 9.47 Å². The molecule has 0 spiro atoms.